The van der Waals surface area contributed by atoms with Crippen molar-refractivity contribution in [2.24, 2.45) is 0 Å². The molecule has 2 aromatic rings. The predicted octanol–water partition coefficient (Wildman–Crippen LogP) is 2.58. The number of pyridine rings is 1. The minimum Gasteiger partial charge on any atom is -0.505 e. The number of halogens is 1. The maximum absolute atomic E-state index is 12.9. The Balaban J connectivity index is 2.35. The van der Waals surface area contributed by atoms with Gasteiger partial charge in [0.2, 0.25) is 0 Å². The molecule has 1 aromatic carbocycles. The Morgan fingerprint density at radius 2 is 2.00 bits per heavy atom. The second kappa shape index (κ2) is 6.35. The van der Waals surface area contributed by atoms with Gasteiger partial charge >= 0.3 is 0 Å². The Morgan fingerprint density at radius 1 is 1.33 bits per heavy atom. The maximum Gasteiger partial charge on any atom is 0.273 e. The molecule has 1 heterocycles. The summed E-state index contributed by atoms with van der Waals surface area (Å²) < 4.78 is 12.9. The summed E-state index contributed by atoms with van der Waals surface area (Å²) in [6.45, 7) is 4.02. The first-order valence-corrected chi connectivity index (χ1v) is 6.73. The van der Waals surface area contributed by atoms with E-state index in [1.54, 1.807) is 32.0 Å². The van der Waals surface area contributed by atoms with E-state index in [1.165, 1.54) is 12.1 Å². The Morgan fingerprint density at radius 3 is 2.62 bits per heavy atom. The molecule has 2 rings (SSSR count). The molecule has 21 heavy (non-hydrogen) atoms. The van der Waals surface area contributed by atoms with E-state index in [4.69, 9.17) is 0 Å². The molecule has 1 amide bonds. The summed E-state index contributed by atoms with van der Waals surface area (Å²) in [7, 11) is 0. The second-order valence-corrected chi connectivity index (χ2v) is 4.78. The van der Waals surface area contributed by atoms with Gasteiger partial charge in [0, 0.05) is 24.2 Å². The maximum atomic E-state index is 12.9. The number of carbonyl (C=O) groups is 1. The SMILES string of the molecule is CCNC(=O)c1nc(C)cc(Cc2ccc(F)cc2)c1O. The number of amides is 1. The van der Waals surface area contributed by atoms with Gasteiger partial charge in [0.05, 0.1) is 0 Å². The van der Waals surface area contributed by atoms with Gasteiger partial charge in [-0.2, -0.15) is 0 Å². The fourth-order valence-electron chi connectivity index (χ4n) is 2.09. The van der Waals surface area contributed by atoms with Crippen molar-refractivity contribution in [3.8, 4) is 5.75 Å². The number of nitrogens with zero attached hydrogens (tertiary/aromatic N) is 1. The first-order chi connectivity index (χ1) is 10.0. The molecular weight excluding hydrogens is 271 g/mol. The van der Waals surface area contributed by atoms with Crippen LogP contribution in [-0.4, -0.2) is 22.5 Å². The van der Waals surface area contributed by atoms with E-state index in [-0.39, 0.29) is 17.3 Å². The van der Waals surface area contributed by atoms with Gasteiger partial charge in [-0.25, -0.2) is 9.37 Å². The number of hydrogen-bond acceptors (Lipinski definition) is 3. The second-order valence-electron chi connectivity index (χ2n) is 4.78. The molecule has 2 N–H and O–H groups in total. The van der Waals surface area contributed by atoms with E-state index in [2.05, 4.69) is 10.3 Å². The van der Waals surface area contributed by atoms with Gasteiger partial charge in [-0.1, -0.05) is 12.1 Å². The van der Waals surface area contributed by atoms with Crippen molar-refractivity contribution in [3.63, 3.8) is 0 Å². The van der Waals surface area contributed by atoms with Crippen LogP contribution in [-0.2, 0) is 6.42 Å². The Labute approximate surface area is 122 Å². The van der Waals surface area contributed by atoms with Crippen LogP contribution in [0.3, 0.4) is 0 Å². The number of rotatable bonds is 4. The third-order valence-corrected chi connectivity index (χ3v) is 3.06. The molecule has 0 bridgehead atoms. The van der Waals surface area contributed by atoms with Crippen LogP contribution in [0, 0.1) is 12.7 Å². The topological polar surface area (TPSA) is 62.2 Å². The Hall–Kier alpha value is -2.43. The largest absolute Gasteiger partial charge is 0.505 e. The molecule has 0 aliphatic rings. The molecule has 0 aliphatic heterocycles. The highest BCUT2D eigenvalue weighted by atomic mass is 19.1. The van der Waals surface area contributed by atoms with Crippen molar-refractivity contribution >= 4 is 5.91 Å². The number of carbonyl (C=O) groups excluding carboxylic acids is 1. The number of hydrogen-bond donors (Lipinski definition) is 2. The van der Waals surface area contributed by atoms with Gasteiger partial charge < -0.3 is 10.4 Å². The lowest BCUT2D eigenvalue weighted by molar-refractivity contribution is 0.0947. The molecule has 1 aromatic heterocycles. The first-order valence-electron chi connectivity index (χ1n) is 6.73. The molecule has 110 valence electrons. The molecule has 0 fully saturated rings. The minimum atomic E-state index is -0.404. The van der Waals surface area contributed by atoms with Crippen molar-refractivity contribution in [1.82, 2.24) is 10.3 Å². The summed E-state index contributed by atoms with van der Waals surface area (Å²) in [5.41, 5.74) is 2.11. The van der Waals surface area contributed by atoms with Crippen LogP contribution in [0.1, 0.15) is 34.2 Å². The molecule has 4 nitrogen and oxygen atoms in total. The van der Waals surface area contributed by atoms with Crippen LogP contribution < -0.4 is 5.32 Å². The van der Waals surface area contributed by atoms with Crippen LogP contribution in [0.4, 0.5) is 4.39 Å². The molecule has 0 spiro atoms. The third kappa shape index (κ3) is 3.56. The van der Waals surface area contributed by atoms with Crippen molar-refractivity contribution in [2.45, 2.75) is 20.3 Å². The van der Waals surface area contributed by atoms with Gasteiger partial charge in [0.1, 0.15) is 11.6 Å². The van der Waals surface area contributed by atoms with Gasteiger partial charge in [-0.3, -0.25) is 4.79 Å². The van der Waals surface area contributed by atoms with E-state index in [0.29, 0.717) is 24.2 Å². The predicted molar refractivity (Wildman–Crippen MR) is 77.9 cm³/mol. The number of nitrogens with one attached hydrogen (secondary N) is 1. The average molecular weight is 288 g/mol. The highest BCUT2D eigenvalue weighted by Gasteiger charge is 2.17. The van der Waals surface area contributed by atoms with Crippen LogP contribution in [0.2, 0.25) is 0 Å². The molecular formula is C16H17FN2O2. The zero-order valence-electron chi connectivity index (χ0n) is 12.0. The quantitative estimate of drug-likeness (QED) is 0.909. The average Bonchev–Trinajstić information content (AvgIpc) is 2.45. The summed E-state index contributed by atoms with van der Waals surface area (Å²) >= 11 is 0. The lowest BCUT2D eigenvalue weighted by atomic mass is 10.0. The van der Waals surface area contributed by atoms with Crippen molar-refractivity contribution in [1.29, 1.82) is 0 Å². The van der Waals surface area contributed by atoms with E-state index in [0.717, 1.165) is 5.56 Å². The standard InChI is InChI=1S/C16H17FN2O2/c1-3-18-16(21)14-15(20)12(8-10(2)19-14)9-11-4-6-13(17)7-5-11/h4-8,20H,3,9H2,1-2H3,(H,18,21). The normalized spacial score (nSPS) is 10.4. The van der Waals surface area contributed by atoms with Crippen molar-refractivity contribution < 1.29 is 14.3 Å². The monoisotopic (exact) mass is 288 g/mol. The zero-order chi connectivity index (χ0) is 15.4. The Bertz CT molecular complexity index is 654. The van der Waals surface area contributed by atoms with Gasteiger partial charge in [-0.15, -0.1) is 0 Å². The third-order valence-electron chi connectivity index (χ3n) is 3.06. The summed E-state index contributed by atoms with van der Waals surface area (Å²) in [5.74, 6) is -0.841. The van der Waals surface area contributed by atoms with E-state index < -0.39 is 5.91 Å². The van der Waals surface area contributed by atoms with E-state index in [1.807, 2.05) is 0 Å². The van der Waals surface area contributed by atoms with E-state index in [9.17, 15) is 14.3 Å². The van der Waals surface area contributed by atoms with Crippen LogP contribution in [0.15, 0.2) is 30.3 Å². The number of aryl methyl sites for hydroxylation is 1. The number of aromatic hydroxyl groups is 1. The number of aromatic nitrogens is 1. The molecule has 0 aliphatic carbocycles. The lowest BCUT2D eigenvalue weighted by Gasteiger charge is -2.10. The fraction of sp³-hybridized carbons (Fsp3) is 0.250. The highest BCUT2D eigenvalue weighted by Crippen LogP contribution is 2.24. The van der Waals surface area contributed by atoms with Crippen LogP contribution in [0.5, 0.6) is 5.75 Å². The molecule has 0 saturated heterocycles. The molecule has 5 heteroatoms. The fourth-order valence-corrected chi connectivity index (χ4v) is 2.09. The summed E-state index contributed by atoms with van der Waals surface area (Å²) in [5, 5.41) is 12.8. The van der Waals surface area contributed by atoms with Gasteiger partial charge in [0.15, 0.2) is 5.69 Å². The van der Waals surface area contributed by atoms with Gasteiger partial charge in [-0.05, 0) is 37.6 Å². The highest BCUT2D eigenvalue weighted by molar-refractivity contribution is 5.95. The van der Waals surface area contributed by atoms with Crippen molar-refractivity contribution in [2.75, 3.05) is 6.54 Å². The first kappa shape index (κ1) is 15.0. The van der Waals surface area contributed by atoms with Crippen LogP contribution >= 0.6 is 0 Å². The lowest BCUT2D eigenvalue weighted by Crippen LogP contribution is -2.24. The van der Waals surface area contributed by atoms with Crippen molar-refractivity contribution in [3.05, 3.63) is 58.7 Å². The molecule has 0 saturated carbocycles. The Kier molecular flexibility index (Phi) is 4.52. The van der Waals surface area contributed by atoms with Gasteiger partial charge in [0.25, 0.3) is 5.91 Å². The minimum absolute atomic E-state index is 0.0222. The molecule has 0 atom stereocenters. The summed E-state index contributed by atoms with van der Waals surface area (Å²) in [4.78, 5) is 16.0. The summed E-state index contributed by atoms with van der Waals surface area (Å²) in [6, 6.07) is 7.75. The molecule has 0 radical (unpaired) electrons. The zero-order valence-corrected chi connectivity index (χ0v) is 12.0. The van der Waals surface area contributed by atoms with E-state index >= 15 is 0 Å². The molecule has 0 unspecified atom stereocenters. The smallest absolute Gasteiger partial charge is 0.273 e. The number of benzene rings is 1. The summed E-state index contributed by atoms with van der Waals surface area (Å²) in [6.07, 6.45) is 0.405. The van der Waals surface area contributed by atoms with Crippen LogP contribution in [0.25, 0.3) is 0 Å².